The molecule has 1 saturated carbocycles. The molecule has 3 nitrogen and oxygen atoms in total. The van der Waals surface area contributed by atoms with Crippen LogP contribution < -0.4 is 10.6 Å². The molecule has 1 aromatic carbocycles. The third-order valence-corrected chi connectivity index (χ3v) is 5.45. The summed E-state index contributed by atoms with van der Waals surface area (Å²) in [5.41, 5.74) is -0.877. The van der Waals surface area contributed by atoms with Crippen LogP contribution in [0.5, 0.6) is 0 Å². The van der Waals surface area contributed by atoms with Gasteiger partial charge in [-0.25, -0.2) is 0 Å². The summed E-state index contributed by atoms with van der Waals surface area (Å²) in [6.07, 6.45) is 0.708. The molecule has 2 fully saturated rings. The summed E-state index contributed by atoms with van der Waals surface area (Å²) in [6.45, 7) is 2.16. The maximum absolute atomic E-state index is 12.9. The van der Waals surface area contributed by atoms with Gasteiger partial charge >= 0.3 is 6.18 Å². The van der Waals surface area contributed by atoms with Gasteiger partial charge in [0.25, 0.3) is 0 Å². The second-order valence-corrected chi connectivity index (χ2v) is 6.96. The minimum absolute atomic E-state index is 0.0818. The van der Waals surface area contributed by atoms with Gasteiger partial charge in [-0.15, -0.1) is 0 Å². The van der Waals surface area contributed by atoms with Crippen LogP contribution in [0.15, 0.2) is 24.3 Å². The molecule has 2 aliphatic rings. The summed E-state index contributed by atoms with van der Waals surface area (Å²) in [6, 6.07) is 5.17. The summed E-state index contributed by atoms with van der Waals surface area (Å²) < 4.78 is 38.7. The van der Waals surface area contributed by atoms with Crippen LogP contribution in [0.3, 0.4) is 0 Å². The van der Waals surface area contributed by atoms with E-state index in [1.165, 1.54) is 6.07 Å². The van der Waals surface area contributed by atoms with Gasteiger partial charge in [0.05, 0.1) is 11.1 Å². The van der Waals surface area contributed by atoms with Crippen molar-refractivity contribution >= 4 is 5.91 Å². The maximum atomic E-state index is 12.9. The highest BCUT2D eigenvalue weighted by atomic mass is 19.4. The van der Waals surface area contributed by atoms with Gasteiger partial charge in [0, 0.05) is 0 Å². The fourth-order valence-corrected chi connectivity index (χ4v) is 3.90. The first-order chi connectivity index (χ1) is 11.3. The Morgan fingerprint density at radius 2 is 2.04 bits per heavy atom. The number of rotatable bonds is 2. The summed E-state index contributed by atoms with van der Waals surface area (Å²) in [4.78, 5) is 12.6. The molecule has 3 unspecified atom stereocenters. The average Bonchev–Trinajstić information content (AvgIpc) is 2.73. The monoisotopic (exact) mass is 340 g/mol. The number of benzene rings is 1. The Morgan fingerprint density at radius 3 is 2.75 bits per heavy atom. The van der Waals surface area contributed by atoms with E-state index in [2.05, 4.69) is 17.6 Å². The van der Waals surface area contributed by atoms with Crippen LogP contribution >= 0.6 is 0 Å². The van der Waals surface area contributed by atoms with Crippen molar-refractivity contribution in [1.29, 1.82) is 0 Å². The smallest absolute Gasteiger partial charge is 0.335 e. The van der Waals surface area contributed by atoms with Gasteiger partial charge in [0.15, 0.2) is 0 Å². The van der Waals surface area contributed by atoms with Gasteiger partial charge in [0.2, 0.25) is 5.91 Å². The second kappa shape index (κ2) is 6.39. The van der Waals surface area contributed by atoms with Crippen LogP contribution in [0.1, 0.15) is 62.7 Å². The molecule has 1 spiro atoms. The van der Waals surface area contributed by atoms with E-state index in [4.69, 9.17) is 0 Å². The summed E-state index contributed by atoms with van der Waals surface area (Å²) in [5, 5.41) is 6.16. The topological polar surface area (TPSA) is 41.1 Å². The average molecular weight is 340 g/mol. The van der Waals surface area contributed by atoms with E-state index in [0.29, 0.717) is 11.5 Å². The van der Waals surface area contributed by atoms with Gasteiger partial charge in [-0.2, -0.15) is 13.2 Å². The molecule has 1 saturated heterocycles. The van der Waals surface area contributed by atoms with Gasteiger partial charge < -0.3 is 5.32 Å². The lowest BCUT2D eigenvalue weighted by Crippen LogP contribution is -2.46. The molecule has 3 rings (SSSR count). The zero-order chi connectivity index (χ0) is 17.4. The molecule has 0 radical (unpaired) electrons. The number of hydrogen-bond donors (Lipinski definition) is 2. The van der Waals surface area contributed by atoms with Crippen LogP contribution in [0, 0.1) is 5.92 Å². The van der Waals surface area contributed by atoms with Crippen LogP contribution in [-0.4, -0.2) is 11.4 Å². The van der Waals surface area contributed by atoms with Crippen molar-refractivity contribution in [3.63, 3.8) is 0 Å². The Hall–Kier alpha value is -1.56. The van der Waals surface area contributed by atoms with Gasteiger partial charge in [-0.05, 0) is 42.9 Å². The van der Waals surface area contributed by atoms with Crippen LogP contribution in [-0.2, 0) is 11.0 Å². The fourth-order valence-electron chi connectivity index (χ4n) is 3.90. The van der Waals surface area contributed by atoms with E-state index in [-0.39, 0.29) is 5.91 Å². The standard InChI is InChI=1S/C18H23F3N2O/c1-2-12-5-4-9-17(10-8-12)16(24)22-15(23-17)13-6-3-7-14(11-13)18(19,20)21/h3,6-7,11-12,15,23H,2,4-5,8-10H2,1H3,(H,22,24). The molecule has 1 aliphatic heterocycles. The third kappa shape index (κ3) is 3.29. The van der Waals surface area contributed by atoms with E-state index in [1.807, 2.05) is 0 Å². The first kappa shape index (κ1) is 17.3. The van der Waals surface area contributed by atoms with Crippen molar-refractivity contribution in [1.82, 2.24) is 10.6 Å². The van der Waals surface area contributed by atoms with Crippen LogP contribution in [0.2, 0.25) is 0 Å². The number of carbonyl (C=O) groups is 1. The Balaban J connectivity index is 1.80. The van der Waals surface area contributed by atoms with Crippen molar-refractivity contribution in [3.05, 3.63) is 35.4 Å². The van der Waals surface area contributed by atoms with Gasteiger partial charge in [-0.1, -0.05) is 38.3 Å². The highest BCUT2D eigenvalue weighted by Crippen LogP contribution is 2.37. The van der Waals surface area contributed by atoms with E-state index in [0.717, 1.165) is 50.7 Å². The number of nitrogens with one attached hydrogen (secondary N) is 2. The predicted molar refractivity (Wildman–Crippen MR) is 85.1 cm³/mol. The third-order valence-electron chi connectivity index (χ3n) is 5.45. The Bertz CT molecular complexity index is 617. The van der Waals surface area contributed by atoms with Crippen molar-refractivity contribution in [3.8, 4) is 0 Å². The van der Waals surface area contributed by atoms with Crippen LogP contribution in [0.4, 0.5) is 13.2 Å². The quantitative estimate of drug-likeness (QED) is 0.849. The molecular formula is C18H23F3N2O. The normalized spacial score (nSPS) is 31.1. The molecule has 0 aromatic heterocycles. The van der Waals surface area contributed by atoms with Crippen molar-refractivity contribution in [2.45, 2.75) is 63.3 Å². The Labute approximate surface area is 140 Å². The number of carbonyl (C=O) groups excluding carboxylic acids is 1. The first-order valence-electron chi connectivity index (χ1n) is 8.60. The molecule has 6 heteroatoms. The van der Waals surface area contributed by atoms with E-state index < -0.39 is 23.4 Å². The summed E-state index contributed by atoms with van der Waals surface area (Å²) >= 11 is 0. The molecule has 1 aromatic rings. The van der Waals surface area contributed by atoms with Crippen molar-refractivity contribution < 1.29 is 18.0 Å². The molecule has 3 atom stereocenters. The lowest BCUT2D eigenvalue weighted by molar-refractivity contribution is -0.137. The SMILES string of the molecule is CCC1CCCC2(CC1)NC(c1cccc(C(F)(F)F)c1)NC2=O. The van der Waals surface area contributed by atoms with E-state index >= 15 is 0 Å². The molecule has 2 N–H and O–H groups in total. The molecule has 132 valence electrons. The Morgan fingerprint density at radius 1 is 1.25 bits per heavy atom. The van der Waals surface area contributed by atoms with Gasteiger partial charge in [-0.3, -0.25) is 10.1 Å². The number of hydrogen-bond acceptors (Lipinski definition) is 2. The summed E-state index contributed by atoms with van der Waals surface area (Å²) in [5.74, 6) is 0.549. The lowest BCUT2D eigenvalue weighted by Gasteiger charge is -2.26. The number of alkyl halides is 3. The lowest BCUT2D eigenvalue weighted by atomic mass is 9.89. The zero-order valence-corrected chi connectivity index (χ0v) is 13.7. The minimum atomic E-state index is -4.38. The molecule has 1 amide bonds. The molecule has 1 heterocycles. The summed E-state index contributed by atoms with van der Waals surface area (Å²) in [7, 11) is 0. The molecular weight excluding hydrogens is 317 g/mol. The zero-order valence-electron chi connectivity index (χ0n) is 13.7. The van der Waals surface area contributed by atoms with Crippen molar-refractivity contribution in [2.75, 3.05) is 0 Å². The minimum Gasteiger partial charge on any atom is -0.335 e. The van der Waals surface area contributed by atoms with Gasteiger partial charge in [0.1, 0.15) is 6.17 Å². The maximum Gasteiger partial charge on any atom is 0.416 e. The first-order valence-corrected chi connectivity index (χ1v) is 8.60. The predicted octanol–water partition coefficient (Wildman–Crippen LogP) is 4.15. The highest BCUT2D eigenvalue weighted by Gasteiger charge is 2.47. The van der Waals surface area contributed by atoms with Crippen LogP contribution in [0.25, 0.3) is 0 Å². The molecule has 24 heavy (non-hydrogen) atoms. The number of halogens is 3. The van der Waals surface area contributed by atoms with E-state index in [9.17, 15) is 18.0 Å². The molecule has 0 bridgehead atoms. The second-order valence-electron chi connectivity index (χ2n) is 6.96. The largest absolute Gasteiger partial charge is 0.416 e. The molecule has 1 aliphatic carbocycles. The highest BCUT2D eigenvalue weighted by molar-refractivity contribution is 5.89. The Kier molecular flexibility index (Phi) is 4.60. The van der Waals surface area contributed by atoms with Crippen molar-refractivity contribution in [2.24, 2.45) is 5.92 Å². The number of amides is 1. The fraction of sp³-hybridized carbons (Fsp3) is 0.611. The van der Waals surface area contributed by atoms with E-state index in [1.54, 1.807) is 6.07 Å².